The molecule has 3 rings (SSSR count). The number of nitrogens with zero attached hydrogens (tertiary/aromatic N) is 2. The maximum atomic E-state index is 5.64. The average molecular weight is 478 g/mol. The van der Waals surface area contributed by atoms with Crippen molar-refractivity contribution in [2.75, 3.05) is 20.2 Å². The van der Waals surface area contributed by atoms with Crippen molar-refractivity contribution in [1.82, 2.24) is 15.6 Å². The number of hydrogen-bond acceptors (Lipinski definition) is 4. The molecule has 3 aromatic rings. The number of aliphatic imine (C=N–C) groups is 1. The molecule has 0 saturated heterocycles. The molecule has 0 spiro atoms. The van der Waals surface area contributed by atoms with Crippen molar-refractivity contribution in [2.24, 2.45) is 4.99 Å². The Kier molecular flexibility index (Phi) is 8.63. The van der Waals surface area contributed by atoms with Crippen molar-refractivity contribution in [3.8, 4) is 17.2 Å². The number of halogens is 1. The molecule has 0 fully saturated rings. The maximum absolute atomic E-state index is 5.64. The molecule has 0 radical (unpaired) electrons. The van der Waals surface area contributed by atoms with Gasteiger partial charge in [-0.05, 0) is 24.3 Å². The normalized spacial score (nSPS) is 10.8. The summed E-state index contributed by atoms with van der Waals surface area (Å²) >= 11 is 0. The lowest BCUT2D eigenvalue weighted by Gasteiger charge is -2.11. The van der Waals surface area contributed by atoms with Crippen molar-refractivity contribution >= 4 is 29.9 Å². The van der Waals surface area contributed by atoms with Crippen LogP contribution in [0.2, 0.25) is 0 Å². The molecule has 7 heteroatoms. The standard InChI is InChI=1S/C20H22N4O2.HI/c1-21-20(22-12-13-25-18-10-6-3-7-11-18)23-14-17-15-26-19(24-17)16-8-4-2-5-9-16;/h2-11,15H,12-14H2,1H3,(H2,21,22,23);1H. The molecule has 2 aromatic carbocycles. The molecule has 2 N–H and O–H groups in total. The van der Waals surface area contributed by atoms with E-state index in [2.05, 4.69) is 20.6 Å². The number of hydrogen-bond donors (Lipinski definition) is 2. The largest absolute Gasteiger partial charge is 0.492 e. The SMILES string of the molecule is CN=C(NCCOc1ccccc1)NCc1coc(-c2ccccc2)n1.I. The van der Waals surface area contributed by atoms with Crippen LogP contribution in [0.4, 0.5) is 0 Å². The minimum Gasteiger partial charge on any atom is -0.492 e. The highest BCUT2D eigenvalue weighted by Gasteiger charge is 2.06. The summed E-state index contributed by atoms with van der Waals surface area (Å²) in [5.41, 5.74) is 1.77. The van der Waals surface area contributed by atoms with Gasteiger partial charge in [0.25, 0.3) is 0 Å². The fraction of sp³-hybridized carbons (Fsp3) is 0.200. The Labute approximate surface area is 176 Å². The number of rotatable bonds is 7. The van der Waals surface area contributed by atoms with Gasteiger partial charge in [0.2, 0.25) is 5.89 Å². The van der Waals surface area contributed by atoms with Gasteiger partial charge in [-0.1, -0.05) is 36.4 Å². The van der Waals surface area contributed by atoms with Crippen LogP contribution in [-0.2, 0) is 6.54 Å². The second kappa shape index (κ2) is 11.2. The van der Waals surface area contributed by atoms with Crippen LogP contribution in [0.15, 0.2) is 76.3 Å². The summed E-state index contributed by atoms with van der Waals surface area (Å²) in [6.45, 7) is 1.71. The summed E-state index contributed by atoms with van der Waals surface area (Å²) in [5, 5.41) is 6.41. The van der Waals surface area contributed by atoms with Crippen LogP contribution in [0.3, 0.4) is 0 Å². The molecule has 1 aromatic heterocycles. The van der Waals surface area contributed by atoms with E-state index in [1.165, 1.54) is 0 Å². The zero-order valence-corrected chi connectivity index (χ0v) is 17.4. The minimum absolute atomic E-state index is 0. The van der Waals surface area contributed by atoms with Gasteiger partial charge in [-0.25, -0.2) is 4.98 Å². The zero-order chi connectivity index (χ0) is 18.0. The van der Waals surface area contributed by atoms with E-state index >= 15 is 0 Å². The van der Waals surface area contributed by atoms with Gasteiger partial charge in [0.15, 0.2) is 5.96 Å². The van der Waals surface area contributed by atoms with E-state index in [9.17, 15) is 0 Å². The van der Waals surface area contributed by atoms with E-state index < -0.39 is 0 Å². The van der Waals surface area contributed by atoms with Crippen molar-refractivity contribution in [3.63, 3.8) is 0 Å². The minimum atomic E-state index is 0. The van der Waals surface area contributed by atoms with E-state index in [4.69, 9.17) is 9.15 Å². The van der Waals surface area contributed by atoms with Crippen molar-refractivity contribution in [2.45, 2.75) is 6.54 Å². The molecule has 0 unspecified atom stereocenters. The summed E-state index contributed by atoms with van der Waals surface area (Å²) in [4.78, 5) is 8.68. The maximum Gasteiger partial charge on any atom is 0.226 e. The van der Waals surface area contributed by atoms with Crippen LogP contribution in [0.1, 0.15) is 5.69 Å². The summed E-state index contributed by atoms with van der Waals surface area (Å²) in [7, 11) is 1.73. The Balaban J connectivity index is 0.00000261. The molecule has 0 bridgehead atoms. The predicted octanol–water partition coefficient (Wildman–Crippen LogP) is 3.70. The first-order chi connectivity index (χ1) is 12.8. The third-order valence-electron chi connectivity index (χ3n) is 3.64. The molecule has 0 atom stereocenters. The van der Waals surface area contributed by atoms with Crippen molar-refractivity contribution in [1.29, 1.82) is 0 Å². The molecule has 0 amide bonds. The van der Waals surface area contributed by atoms with E-state index in [0.717, 1.165) is 17.0 Å². The fourth-order valence-electron chi connectivity index (χ4n) is 2.35. The number of ether oxygens (including phenoxy) is 1. The summed E-state index contributed by atoms with van der Waals surface area (Å²) in [6, 6.07) is 19.5. The lowest BCUT2D eigenvalue weighted by atomic mass is 10.2. The quantitative estimate of drug-likeness (QED) is 0.235. The third kappa shape index (κ3) is 6.59. The Morgan fingerprint density at radius 2 is 1.74 bits per heavy atom. The molecule has 0 aliphatic heterocycles. The van der Waals surface area contributed by atoms with Gasteiger partial charge in [0.05, 0.1) is 18.8 Å². The molecule has 1 heterocycles. The monoisotopic (exact) mass is 478 g/mol. The van der Waals surface area contributed by atoms with Crippen LogP contribution in [0, 0.1) is 0 Å². The predicted molar refractivity (Wildman–Crippen MR) is 117 cm³/mol. The topological polar surface area (TPSA) is 71.7 Å². The van der Waals surface area contributed by atoms with Gasteiger partial charge >= 0.3 is 0 Å². The van der Waals surface area contributed by atoms with Gasteiger partial charge in [-0.15, -0.1) is 24.0 Å². The molecule has 0 aliphatic rings. The zero-order valence-electron chi connectivity index (χ0n) is 15.1. The molecular weight excluding hydrogens is 455 g/mol. The molecule has 6 nitrogen and oxygen atoms in total. The summed E-state index contributed by atoms with van der Waals surface area (Å²) in [6.07, 6.45) is 1.65. The number of oxazole rings is 1. The highest BCUT2D eigenvalue weighted by Crippen LogP contribution is 2.17. The molecule has 0 aliphatic carbocycles. The second-order valence-electron chi connectivity index (χ2n) is 5.52. The van der Waals surface area contributed by atoms with Gasteiger partial charge in [-0.2, -0.15) is 0 Å². The van der Waals surface area contributed by atoms with E-state index in [0.29, 0.717) is 31.5 Å². The first kappa shape index (κ1) is 20.8. The van der Waals surface area contributed by atoms with E-state index in [1.54, 1.807) is 13.3 Å². The van der Waals surface area contributed by atoms with E-state index in [1.807, 2.05) is 60.7 Å². The molecular formula is C20H23IN4O2. The van der Waals surface area contributed by atoms with Gasteiger partial charge in [-0.3, -0.25) is 4.99 Å². The fourth-order valence-corrected chi connectivity index (χ4v) is 2.35. The lowest BCUT2D eigenvalue weighted by molar-refractivity contribution is 0.322. The Morgan fingerprint density at radius 3 is 2.44 bits per heavy atom. The van der Waals surface area contributed by atoms with Crippen LogP contribution in [-0.4, -0.2) is 31.1 Å². The molecule has 142 valence electrons. The highest BCUT2D eigenvalue weighted by molar-refractivity contribution is 14.0. The number of aromatic nitrogens is 1. The Bertz CT molecular complexity index is 822. The van der Waals surface area contributed by atoms with Crippen molar-refractivity contribution < 1.29 is 9.15 Å². The first-order valence-electron chi connectivity index (χ1n) is 8.47. The lowest BCUT2D eigenvalue weighted by Crippen LogP contribution is -2.38. The van der Waals surface area contributed by atoms with Crippen LogP contribution < -0.4 is 15.4 Å². The van der Waals surface area contributed by atoms with Crippen LogP contribution in [0.25, 0.3) is 11.5 Å². The first-order valence-corrected chi connectivity index (χ1v) is 8.47. The number of nitrogens with one attached hydrogen (secondary N) is 2. The Morgan fingerprint density at radius 1 is 1.04 bits per heavy atom. The van der Waals surface area contributed by atoms with E-state index in [-0.39, 0.29) is 24.0 Å². The number of guanidine groups is 1. The highest BCUT2D eigenvalue weighted by atomic mass is 127. The molecule has 27 heavy (non-hydrogen) atoms. The summed E-state index contributed by atoms with van der Waals surface area (Å²) in [5.74, 6) is 2.15. The van der Waals surface area contributed by atoms with Gasteiger partial charge < -0.3 is 19.8 Å². The van der Waals surface area contributed by atoms with Crippen molar-refractivity contribution in [3.05, 3.63) is 72.6 Å². The molecule has 0 saturated carbocycles. The average Bonchev–Trinajstić information content (AvgIpc) is 3.18. The summed E-state index contributed by atoms with van der Waals surface area (Å²) < 4.78 is 11.2. The van der Waals surface area contributed by atoms with Gasteiger partial charge in [0, 0.05) is 12.6 Å². The number of para-hydroxylation sites is 1. The number of benzene rings is 2. The van der Waals surface area contributed by atoms with Crippen LogP contribution in [0.5, 0.6) is 5.75 Å². The second-order valence-corrected chi connectivity index (χ2v) is 5.52. The van der Waals surface area contributed by atoms with Gasteiger partial charge in [0.1, 0.15) is 18.6 Å². The smallest absolute Gasteiger partial charge is 0.226 e. The van der Waals surface area contributed by atoms with Crippen LogP contribution >= 0.6 is 24.0 Å². The Hall–Kier alpha value is -2.55. The third-order valence-corrected chi connectivity index (χ3v) is 3.64.